The van der Waals surface area contributed by atoms with Crippen LogP contribution < -0.4 is 0 Å². The number of nitriles is 1. The first-order chi connectivity index (χ1) is 7.45. The van der Waals surface area contributed by atoms with Crippen molar-refractivity contribution in [2.24, 2.45) is 5.41 Å². The second-order valence-corrected chi connectivity index (χ2v) is 10.7. The molecule has 0 spiro atoms. The van der Waals surface area contributed by atoms with Gasteiger partial charge in [0.05, 0.1) is 6.07 Å². The minimum Gasteiger partial charge on any atom is -0.402 e. The van der Waals surface area contributed by atoms with Crippen molar-refractivity contribution in [1.82, 2.24) is 4.90 Å². The molecule has 3 nitrogen and oxygen atoms in total. The van der Waals surface area contributed by atoms with Crippen LogP contribution in [0.15, 0.2) is 0 Å². The number of piperidine rings is 3. The Morgan fingerprint density at radius 3 is 2.06 bits per heavy atom. The predicted octanol–water partition coefficient (Wildman–Crippen LogP) is 2.22. The molecule has 0 aliphatic carbocycles. The first-order valence-electron chi connectivity index (χ1n) is 6.25. The van der Waals surface area contributed by atoms with Crippen molar-refractivity contribution in [2.75, 3.05) is 19.6 Å². The summed E-state index contributed by atoms with van der Waals surface area (Å²) in [6, 6.07) is 2.44. The molecule has 4 heteroatoms. The molecule has 1 atom stereocenters. The van der Waals surface area contributed by atoms with Crippen molar-refractivity contribution in [1.29, 1.82) is 5.26 Å². The molecule has 0 aromatic heterocycles. The summed E-state index contributed by atoms with van der Waals surface area (Å²) in [5.74, 6) is 0. The molecule has 3 rings (SSSR count). The molecule has 0 aromatic carbocycles. The van der Waals surface area contributed by atoms with Crippen LogP contribution >= 0.6 is 0 Å². The van der Waals surface area contributed by atoms with Gasteiger partial charge < -0.3 is 9.33 Å². The maximum absolute atomic E-state index is 9.39. The summed E-state index contributed by atoms with van der Waals surface area (Å²) in [7, 11) is -1.61. The summed E-state index contributed by atoms with van der Waals surface area (Å²) in [5.41, 5.74) is 0.170. The van der Waals surface area contributed by atoms with E-state index in [9.17, 15) is 5.26 Å². The Hall–Kier alpha value is -0.373. The summed E-state index contributed by atoms with van der Waals surface area (Å²) >= 11 is 0. The maximum Gasteiger partial charge on any atom is 0.185 e. The van der Waals surface area contributed by atoms with Crippen molar-refractivity contribution in [3.05, 3.63) is 0 Å². The van der Waals surface area contributed by atoms with E-state index in [-0.39, 0.29) is 11.5 Å². The summed E-state index contributed by atoms with van der Waals surface area (Å²) in [6.45, 7) is 10.00. The largest absolute Gasteiger partial charge is 0.402 e. The molecule has 0 N–H and O–H groups in total. The van der Waals surface area contributed by atoms with Crippen LogP contribution in [0.3, 0.4) is 0 Å². The zero-order valence-corrected chi connectivity index (χ0v) is 11.6. The number of nitrogens with zero attached hydrogens (tertiary/aromatic N) is 2. The van der Waals surface area contributed by atoms with E-state index in [0.29, 0.717) is 0 Å². The van der Waals surface area contributed by atoms with Gasteiger partial charge in [-0.25, -0.2) is 0 Å². The number of rotatable bonds is 3. The van der Waals surface area contributed by atoms with Crippen LogP contribution in [0, 0.1) is 16.7 Å². The lowest BCUT2D eigenvalue weighted by atomic mass is 9.68. The number of hydrogen-bond donors (Lipinski definition) is 0. The molecular formula is C12H22N2OSi. The Morgan fingerprint density at radius 1 is 1.19 bits per heavy atom. The van der Waals surface area contributed by atoms with Gasteiger partial charge in [0.15, 0.2) is 8.32 Å². The lowest BCUT2D eigenvalue weighted by Crippen LogP contribution is -2.55. The smallest absolute Gasteiger partial charge is 0.185 e. The van der Waals surface area contributed by atoms with Crippen LogP contribution in [0.1, 0.15) is 19.3 Å². The van der Waals surface area contributed by atoms with Gasteiger partial charge in [-0.3, -0.25) is 0 Å². The molecule has 3 aliphatic heterocycles. The lowest BCUT2D eigenvalue weighted by Gasteiger charge is -2.51. The molecular weight excluding hydrogens is 216 g/mol. The molecule has 3 saturated heterocycles. The van der Waals surface area contributed by atoms with Crippen LogP contribution in [0.25, 0.3) is 0 Å². The van der Waals surface area contributed by atoms with E-state index >= 15 is 0 Å². The second kappa shape index (κ2) is 4.14. The fourth-order valence-corrected chi connectivity index (χ4v) is 3.90. The fraction of sp³-hybridized carbons (Fsp3) is 0.917. The molecule has 0 saturated carbocycles. The molecule has 0 aromatic rings. The van der Waals surface area contributed by atoms with Gasteiger partial charge in [0.1, 0.15) is 6.10 Å². The molecule has 16 heavy (non-hydrogen) atoms. The van der Waals surface area contributed by atoms with Gasteiger partial charge in [0.25, 0.3) is 0 Å². The van der Waals surface area contributed by atoms with Crippen LogP contribution in [0.4, 0.5) is 0 Å². The monoisotopic (exact) mass is 238 g/mol. The van der Waals surface area contributed by atoms with Gasteiger partial charge in [-0.2, -0.15) is 5.26 Å². The lowest BCUT2D eigenvalue weighted by molar-refractivity contribution is -0.0375. The summed E-state index contributed by atoms with van der Waals surface area (Å²) < 4.78 is 6.10. The van der Waals surface area contributed by atoms with E-state index < -0.39 is 8.32 Å². The molecule has 0 amide bonds. The van der Waals surface area contributed by atoms with E-state index in [4.69, 9.17) is 4.43 Å². The fourth-order valence-electron chi connectivity index (χ4n) is 2.89. The maximum atomic E-state index is 9.39. The molecule has 3 fully saturated rings. The average molecular weight is 238 g/mol. The van der Waals surface area contributed by atoms with E-state index in [1.807, 2.05) is 0 Å². The minimum atomic E-state index is -1.61. The number of fused-ring (bicyclic) bond motifs is 3. The highest BCUT2D eigenvalue weighted by Gasteiger charge is 2.47. The summed E-state index contributed by atoms with van der Waals surface area (Å²) in [5, 5.41) is 9.39. The van der Waals surface area contributed by atoms with Crippen molar-refractivity contribution < 1.29 is 4.43 Å². The summed E-state index contributed by atoms with van der Waals surface area (Å²) in [6.07, 6.45) is 3.28. The van der Waals surface area contributed by atoms with E-state index in [1.54, 1.807) is 0 Å². The first kappa shape index (κ1) is 12.1. The molecule has 90 valence electrons. The Labute approximate surface area is 99.5 Å². The Bertz CT molecular complexity index is 283. The van der Waals surface area contributed by atoms with Gasteiger partial charge in [0.2, 0.25) is 0 Å². The quantitative estimate of drug-likeness (QED) is 0.707. The average Bonchev–Trinajstić information content (AvgIpc) is 2.27. The van der Waals surface area contributed by atoms with Crippen LogP contribution in [-0.2, 0) is 4.43 Å². The highest BCUT2D eigenvalue weighted by molar-refractivity contribution is 6.69. The van der Waals surface area contributed by atoms with E-state index in [0.717, 1.165) is 38.9 Å². The third-order valence-corrected chi connectivity index (χ3v) is 4.87. The first-order valence-corrected chi connectivity index (χ1v) is 9.66. The third kappa shape index (κ3) is 2.32. The van der Waals surface area contributed by atoms with Gasteiger partial charge >= 0.3 is 0 Å². The molecule has 3 heterocycles. The topological polar surface area (TPSA) is 36.3 Å². The highest BCUT2D eigenvalue weighted by atomic mass is 28.4. The standard InChI is InChI=1S/C12H22N2OSi/c1-16(2,3)15-11(10-13)12-4-7-14(8-5-12)9-6-12/h11H,4-9H2,1-3H3. The van der Waals surface area contributed by atoms with Crippen LogP contribution in [0.2, 0.25) is 19.6 Å². The van der Waals surface area contributed by atoms with Crippen molar-refractivity contribution >= 4 is 8.32 Å². The number of hydrogen-bond acceptors (Lipinski definition) is 3. The summed E-state index contributed by atoms with van der Waals surface area (Å²) in [4.78, 5) is 2.50. The van der Waals surface area contributed by atoms with Crippen molar-refractivity contribution in [3.8, 4) is 6.07 Å². The Kier molecular flexibility index (Phi) is 3.13. The zero-order chi connectivity index (χ0) is 11.8. The Morgan fingerprint density at radius 2 is 1.69 bits per heavy atom. The zero-order valence-electron chi connectivity index (χ0n) is 10.6. The van der Waals surface area contributed by atoms with E-state index in [1.165, 1.54) is 0 Å². The van der Waals surface area contributed by atoms with Gasteiger partial charge in [-0.15, -0.1) is 0 Å². The normalized spacial score (nSPS) is 35.8. The third-order valence-electron chi connectivity index (χ3n) is 3.92. The van der Waals surface area contributed by atoms with Crippen LogP contribution in [-0.4, -0.2) is 39.0 Å². The second-order valence-electron chi connectivity index (χ2n) is 6.19. The predicted molar refractivity (Wildman–Crippen MR) is 66.6 cm³/mol. The van der Waals surface area contributed by atoms with Gasteiger partial charge in [-0.1, -0.05) is 0 Å². The highest BCUT2D eigenvalue weighted by Crippen LogP contribution is 2.44. The van der Waals surface area contributed by atoms with Gasteiger partial charge in [0, 0.05) is 5.41 Å². The Balaban J connectivity index is 2.11. The molecule has 1 unspecified atom stereocenters. The minimum absolute atomic E-state index is 0.165. The van der Waals surface area contributed by atoms with Crippen molar-refractivity contribution in [3.63, 3.8) is 0 Å². The molecule has 2 bridgehead atoms. The van der Waals surface area contributed by atoms with Crippen LogP contribution in [0.5, 0.6) is 0 Å². The SMILES string of the molecule is C[Si](C)(C)OC(C#N)C12CCN(CC1)CC2. The van der Waals surface area contributed by atoms with Gasteiger partial charge in [-0.05, 0) is 58.5 Å². The van der Waals surface area contributed by atoms with E-state index in [2.05, 4.69) is 30.6 Å². The molecule has 3 aliphatic rings. The van der Waals surface area contributed by atoms with Crippen molar-refractivity contribution in [2.45, 2.75) is 45.0 Å². The molecule has 0 radical (unpaired) electrons.